The van der Waals surface area contributed by atoms with Crippen molar-refractivity contribution in [2.75, 3.05) is 13.2 Å². The van der Waals surface area contributed by atoms with Gasteiger partial charge in [-0.1, -0.05) is 96.6 Å². The predicted molar refractivity (Wildman–Crippen MR) is 150 cm³/mol. The molecular formula is C32H46O4. The van der Waals surface area contributed by atoms with E-state index >= 15 is 0 Å². The molecule has 0 atom stereocenters. The van der Waals surface area contributed by atoms with Crippen LogP contribution in [0.15, 0.2) is 54.6 Å². The van der Waals surface area contributed by atoms with Crippen LogP contribution in [0, 0.1) is 0 Å². The Bertz CT molecular complexity index is 839. The van der Waals surface area contributed by atoms with E-state index in [4.69, 9.17) is 14.2 Å². The SMILES string of the molecule is CCCCCCCCCCCOc1ccc(C=CC(=O)Oc2ccc(OCCCCCC)cc2)cc1. The Balaban J connectivity index is 1.60. The predicted octanol–water partition coefficient (Wildman–Crippen LogP) is 9.17. The zero-order chi connectivity index (χ0) is 25.7. The van der Waals surface area contributed by atoms with E-state index in [1.165, 1.54) is 76.7 Å². The topological polar surface area (TPSA) is 44.8 Å². The van der Waals surface area contributed by atoms with E-state index < -0.39 is 5.97 Å². The highest BCUT2D eigenvalue weighted by Gasteiger charge is 2.02. The molecule has 0 N–H and O–H groups in total. The van der Waals surface area contributed by atoms with Crippen LogP contribution < -0.4 is 14.2 Å². The fourth-order valence-corrected chi connectivity index (χ4v) is 3.92. The Morgan fingerprint density at radius 2 is 1.00 bits per heavy atom. The van der Waals surface area contributed by atoms with Crippen molar-refractivity contribution in [1.82, 2.24) is 0 Å². The van der Waals surface area contributed by atoms with Crippen LogP contribution in [0.5, 0.6) is 17.2 Å². The fourth-order valence-electron chi connectivity index (χ4n) is 3.92. The average Bonchev–Trinajstić information content (AvgIpc) is 2.90. The Morgan fingerprint density at radius 3 is 1.53 bits per heavy atom. The number of hydrogen-bond acceptors (Lipinski definition) is 4. The van der Waals surface area contributed by atoms with E-state index in [-0.39, 0.29) is 0 Å². The summed E-state index contributed by atoms with van der Waals surface area (Å²) in [6.07, 6.45) is 19.7. The molecule has 0 aliphatic carbocycles. The number of carbonyl (C=O) groups is 1. The summed E-state index contributed by atoms with van der Waals surface area (Å²) in [5, 5.41) is 0. The molecular weight excluding hydrogens is 448 g/mol. The van der Waals surface area contributed by atoms with Crippen LogP contribution in [0.25, 0.3) is 6.08 Å². The van der Waals surface area contributed by atoms with Gasteiger partial charge in [0.1, 0.15) is 17.2 Å². The highest BCUT2D eigenvalue weighted by molar-refractivity contribution is 5.88. The highest BCUT2D eigenvalue weighted by Crippen LogP contribution is 2.19. The summed E-state index contributed by atoms with van der Waals surface area (Å²) in [4.78, 5) is 12.2. The third-order valence-electron chi connectivity index (χ3n) is 6.12. The second kappa shape index (κ2) is 19.4. The summed E-state index contributed by atoms with van der Waals surface area (Å²) >= 11 is 0. The fraction of sp³-hybridized carbons (Fsp3) is 0.531. The maximum atomic E-state index is 12.2. The molecule has 0 radical (unpaired) electrons. The van der Waals surface area contributed by atoms with E-state index in [1.807, 2.05) is 36.4 Å². The summed E-state index contributed by atoms with van der Waals surface area (Å²) in [7, 11) is 0. The number of ether oxygens (including phenoxy) is 3. The molecule has 2 aromatic carbocycles. The van der Waals surface area contributed by atoms with Crippen molar-refractivity contribution >= 4 is 12.0 Å². The second-order valence-corrected chi connectivity index (χ2v) is 9.38. The summed E-state index contributed by atoms with van der Waals surface area (Å²) in [5.41, 5.74) is 0.925. The standard InChI is InChI=1S/C32H46O4/c1-3-5-7-9-10-11-12-13-15-27-34-29-19-16-28(17-20-29)18-25-32(33)36-31-23-21-30(22-24-31)35-26-14-8-6-4-2/h16-25H,3-15,26-27H2,1-2H3. The molecule has 0 aliphatic rings. The molecule has 0 heterocycles. The lowest BCUT2D eigenvalue weighted by Gasteiger charge is -2.07. The molecule has 0 aliphatic heterocycles. The van der Waals surface area contributed by atoms with Gasteiger partial charge >= 0.3 is 5.97 Å². The maximum absolute atomic E-state index is 12.2. The first-order chi connectivity index (χ1) is 17.7. The maximum Gasteiger partial charge on any atom is 0.336 e. The largest absolute Gasteiger partial charge is 0.494 e. The highest BCUT2D eigenvalue weighted by atomic mass is 16.5. The van der Waals surface area contributed by atoms with Crippen LogP contribution >= 0.6 is 0 Å². The van der Waals surface area contributed by atoms with E-state index in [0.29, 0.717) is 12.4 Å². The van der Waals surface area contributed by atoms with Gasteiger partial charge in [-0.15, -0.1) is 0 Å². The minimum absolute atomic E-state index is 0.408. The summed E-state index contributed by atoms with van der Waals surface area (Å²) < 4.78 is 17.0. The molecule has 0 spiro atoms. The Labute approximate surface area is 219 Å². The van der Waals surface area contributed by atoms with Crippen molar-refractivity contribution in [3.63, 3.8) is 0 Å². The zero-order valence-corrected chi connectivity index (χ0v) is 22.5. The minimum atomic E-state index is -0.408. The molecule has 0 unspecified atom stereocenters. The van der Waals surface area contributed by atoms with E-state index in [1.54, 1.807) is 18.2 Å². The lowest BCUT2D eigenvalue weighted by molar-refractivity contribution is -0.128. The molecule has 0 saturated carbocycles. The molecule has 0 aromatic heterocycles. The lowest BCUT2D eigenvalue weighted by Crippen LogP contribution is -2.03. The van der Waals surface area contributed by atoms with Gasteiger partial charge < -0.3 is 14.2 Å². The third kappa shape index (κ3) is 14.0. The van der Waals surface area contributed by atoms with Gasteiger partial charge in [0.05, 0.1) is 13.2 Å². The van der Waals surface area contributed by atoms with Crippen LogP contribution in [0.4, 0.5) is 0 Å². The first kappa shape index (κ1) is 29.5. The number of carbonyl (C=O) groups excluding carboxylic acids is 1. The molecule has 0 bridgehead atoms. The Morgan fingerprint density at radius 1 is 0.583 bits per heavy atom. The number of esters is 1. The number of benzene rings is 2. The smallest absolute Gasteiger partial charge is 0.336 e. The van der Waals surface area contributed by atoms with Gasteiger partial charge in [-0.2, -0.15) is 0 Å². The van der Waals surface area contributed by atoms with Crippen molar-refractivity contribution in [2.24, 2.45) is 0 Å². The van der Waals surface area contributed by atoms with Crippen molar-refractivity contribution in [1.29, 1.82) is 0 Å². The molecule has 4 nitrogen and oxygen atoms in total. The summed E-state index contributed by atoms with van der Waals surface area (Å²) in [5.74, 6) is 1.75. The first-order valence-electron chi connectivity index (χ1n) is 14.1. The van der Waals surface area contributed by atoms with E-state index in [0.717, 1.165) is 36.5 Å². The van der Waals surface area contributed by atoms with Gasteiger partial charge in [0.25, 0.3) is 0 Å². The van der Waals surface area contributed by atoms with Crippen molar-refractivity contribution in [3.8, 4) is 17.2 Å². The number of unbranched alkanes of at least 4 members (excludes halogenated alkanes) is 11. The summed E-state index contributed by atoms with van der Waals surface area (Å²) in [6.45, 7) is 5.92. The van der Waals surface area contributed by atoms with Gasteiger partial charge in [0, 0.05) is 6.08 Å². The molecule has 36 heavy (non-hydrogen) atoms. The molecule has 0 amide bonds. The first-order valence-corrected chi connectivity index (χ1v) is 14.1. The molecule has 198 valence electrons. The van der Waals surface area contributed by atoms with Gasteiger partial charge in [0.15, 0.2) is 0 Å². The van der Waals surface area contributed by atoms with Crippen molar-refractivity contribution in [3.05, 3.63) is 60.2 Å². The van der Waals surface area contributed by atoms with Crippen LogP contribution in [0.3, 0.4) is 0 Å². The normalized spacial score (nSPS) is 11.1. The van der Waals surface area contributed by atoms with E-state index in [2.05, 4.69) is 13.8 Å². The lowest BCUT2D eigenvalue weighted by atomic mass is 10.1. The molecule has 0 fully saturated rings. The molecule has 2 rings (SSSR count). The molecule has 0 saturated heterocycles. The monoisotopic (exact) mass is 494 g/mol. The molecule has 2 aromatic rings. The van der Waals surface area contributed by atoms with Crippen LogP contribution in [0.1, 0.15) is 103 Å². The van der Waals surface area contributed by atoms with Crippen molar-refractivity contribution in [2.45, 2.75) is 97.3 Å². The van der Waals surface area contributed by atoms with Crippen LogP contribution in [-0.4, -0.2) is 19.2 Å². The Hall–Kier alpha value is -2.75. The van der Waals surface area contributed by atoms with Crippen molar-refractivity contribution < 1.29 is 19.0 Å². The zero-order valence-electron chi connectivity index (χ0n) is 22.5. The third-order valence-corrected chi connectivity index (χ3v) is 6.12. The van der Waals surface area contributed by atoms with E-state index in [9.17, 15) is 4.79 Å². The number of rotatable bonds is 20. The Kier molecular flexibility index (Phi) is 15.9. The number of hydrogen-bond donors (Lipinski definition) is 0. The average molecular weight is 495 g/mol. The van der Waals surface area contributed by atoms with Gasteiger partial charge in [0.2, 0.25) is 0 Å². The van der Waals surface area contributed by atoms with Gasteiger partial charge in [-0.25, -0.2) is 4.79 Å². The molecule has 4 heteroatoms. The summed E-state index contributed by atoms with van der Waals surface area (Å²) in [6, 6.07) is 15.0. The quantitative estimate of drug-likeness (QED) is 0.0796. The second-order valence-electron chi connectivity index (χ2n) is 9.38. The van der Waals surface area contributed by atoms with Crippen LogP contribution in [0.2, 0.25) is 0 Å². The minimum Gasteiger partial charge on any atom is -0.494 e. The van der Waals surface area contributed by atoms with Gasteiger partial charge in [-0.05, 0) is 60.9 Å². The van der Waals surface area contributed by atoms with Gasteiger partial charge in [-0.3, -0.25) is 0 Å². The van der Waals surface area contributed by atoms with Crippen LogP contribution in [-0.2, 0) is 4.79 Å².